The molecule has 0 aliphatic heterocycles. The third kappa shape index (κ3) is 6.09. The van der Waals surface area contributed by atoms with Crippen LogP contribution in [0.5, 0.6) is 11.5 Å². The smallest absolute Gasteiger partial charge is 0.311 e. The van der Waals surface area contributed by atoms with Gasteiger partial charge in [0.1, 0.15) is 0 Å². The van der Waals surface area contributed by atoms with Crippen molar-refractivity contribution in [2.45, 2.75) is 73.3 Å². The zero-order valence-electron chi connectivity index (χ0n) is 19.3. The lowest BCUT2D eigenvalue weighted by Gasteiger charge is -2.45. The number of esters is 1. The largest absolute Gasteiger partial charge is 0.503 e. The van der Waals surface area contributed by atoms with Crippen LogP contribution in [0.3, 0.4) is 0 Å². The summed E-state index contributed by atoms with van der Waals surface area (Å²) in [5, 5.41) is 13.2. The molecule has 2 N–H and O–H groups in total. The molecule has 2 atom stereocenters. The van der Waals surface area contributed by atoms with E-state index < -0.39 is 11.3 Å². The number of nitrogens with zero attached hydrogens (tertiary/aromatic N) is 1. The number of carbonyl (C=O) groups is 2. The van der Waals surface area contributed by atoms with Gasteiger partial charge in [-0.05, 0) is 43.4 Å². The molecule has 1 saturated carbocycles. The summed E-state index contributed by atoms with van der Waals surface area (Å²) >= 11 is 0. The number of aromatic nitrogens is 1. The van der Waals surface area contributed by atoms with Crippen molar-refractivity contribution >= 4 is 11.9 Å². The Hall–Kier alpha value is -2.31. The Labute approximate surface area is 179 Å². The minimum Gasteiger partial charge on any atom is -0.503 e. The molecule has 1 aliphatic carbocycles. The van der Waals surface area contributed by atoms with Gasteiger partial charge in [-0.25, -0.2) is 4.98 Å². The van der Waals surface area contributed by atoms with Gasteiger partial charge in [-0.3, -0.25) is 9.59 Å². The molecule has 1 aromatic rings. The van der Waals surface area contributed by atoms with Crippen molar-refractivity contribution in [3.8, 4) is 11.5 Å². The van der Waals surface area contributed by atoms with Crippen LogP contribution in [0, 0.1) is 16.2 Å². The number of hydrogen-bond acceptors (Lipinski definition) is 6. The highest BCUT2D eigenvalue weighted by Crippen LogP contribution is 2.47. The lowest BCUT2D eigenvalue weighted by Crippen LogP contribution is -2.50. The summed E-state index contributed by atoms with van der Waals surface area (Å²) in [6.45, 7) is 12.8. The van der Waals surface area contributed by atoms with Crippen LogP contribution in [0.1, 0.15) is 77.7 Å². The van der Waals surface area contributed by atoms with Crippen molar-refractivity contribution in [1.82, 2.24) is 10.3 Å². The molecule has 1 heterocycles. The van der Waals surface area contributed by atoms with Gasteiger partial charge in [0, 0.05) is 18.3 Å². The molecule has 1 aliphatic rings. The Kier molecular flexibility index (Phi) is 7.05. The molecule has 168 valence electrons. The number of carbonyl (C=O) groups excluding carboxylic acids is 2. The zero-order chi connectivity index (χ0) is 22.7. The molecule has 0 radical (unpaired) electrons. The molecule has 2 unspecified atom stereocenters. The minimum atomic E-state index is -0.693. The fourth-order valence-corrected chi connectivity index (χ4v) is 4.39. The van der Waals surface area contributed by atoms with Crippen LogP contribution in [0.2, 0.25) is 0 Å². The van der Waals surface area contributed by atoms with Gasteiger partial charge < -0.3 is 19.9 Å². The van der Waals surface area contributed by atoms with Crippen molar-refractivity contribution in [2.24, 2.45) is 16.2 Å². The first-order chi connectivity index (χ1) is 13.8. The molecule has 0 spiro atoms. The Morgan fingerprint density at radius 2 is 1.93 bits per heavy atom. The molecule has 1 fully saturated rings. The number of aromatic hydroxyl groups is 1. The van der Waals surface area contributed by atoms with Crippen LogP contribution in [-0.2, 0) is 9.53 Å². The molecule has 2 rings (SSSR count). The quantitative estimate of drug-likeness (QED) is 0.673. The maximum atomic E-state index is 12.9. The summed E-state index contributed by atoms with van der Waals surface area (Å²) in [5.41, 5.74) is -0.846. The maximum Gasteiger partial charge on any atom is 0.311 e. The van der Waals surface area contributed by atoms with Gasteiger partial charge in [-0.15, -0.1) is 0 Å². The first kappa shape index (κ1) is 24.0. The number of amides is 1. The van der Waals surface area contributed by atoms with Gasteiger partial charge in [0.25, 0.3) is 5.91 Å². The third-order valence-electron chi connectivity index (χ3n) is 5.60. The Morgan fingerprint density at radius 3 is 2.53 bits per heavy atom. The highest BCUT2D eigenvalue weighted by molar-refractivity contribution is 5.95. The van der Waals surface area contributed by atoms with Crippen LogP contribution in [-0.4, -0.2) is 41.7 Å². The summed E-state index contributed by atoms with van der Waals surface area (Å²) in [6.07, 6.45) is 4.08. The lowest BCUT2D eigenvalue weighted by molar-refractivity contribution is -0.160. The van der Waals surface area contributed by atoms with E-state index in [4.69, 9.17) is 9.47 Å². The number of ether oxygens (including phenoxy) is 2. The second-order valence-corrected chi connectivity index (χ2v) is 10.6. The van der Waals surface area contributed by atoms with Crippen LogP contribution < -0.4 is 10.1 Å². The van der Waals surface area contributed by atoms with Crippen molar-refractivity contribution in [2.75, 3.05) is 13.7 Å². The minimum absolute atomic E-state index is 0.0906. The normalized spacial score (nSPS) is 23.5. The molecule has 1 aromatic heterocycles. The van der Waals surface area contributed by atoms with Crippen LogP contribution in [0.15, 0.2) is 12.3 Å². The number of rotatable bonds is 6. The monoisotopic (exact) mass is 420 g/mol. The van der Waals surface area contributed by atoms with Crippen molar-refractivity contribution in [3.05, 3.63) is 18.0 Å². The van der Waals surface area contributed by atoms with Gasteiger partial charge >= 0.3 is 5.97 Å². The van der Waals surface area contributed by atoms with E-state index in [-0.39, 0.29) is 40.0 Å². The topological polar surface area (TPSA) is 97.8 Å². The first-order valence-electron chi connectivity index (χ1n) is 10.5. The summed E-state index contributed by atoms with van der Waals surface area (Å²) in [6, 6.07) is 1.24. The predicted octanol–water partition coefficient (Wildman–Crippen LogP) is 4.09. The predicted molar refractivity (Wildman–Crippen MR) is 114 cm³/mol. The highest BCUT2D eigenvalue weighted by atomic mass is 16.5. The SMILES string of the molecule is COc1ccnc(C(=O)NC2CC(C)(C)CC(C)(C(=O)OCCC(C)(C)C)C2)c1O. The van der Waals surface area contributed by atoms with Crippen LogP contribution >= 0.6 is 0 Å². The van der Waals surface area contributed by atoms with Crippen molar-refractivity contribution in [1.29, 1.82) is 0 Å². The Bertz CT molecular complexity index is 784. The molecular weight excluding hydrogens is 384 g/mol. The fraction of sp³-hybridized carbons (Fsp3) is 0.696. The Balaban J connectivity index is 2.12. The Morgan fingerprint density at radius 1 is 1.27 bits per heavy atom. The summed E-state index contributed by atoms with van der Waals surface area (Å²) < 4.78 is 10.7. The zero-order valence-corrected chi connectivity index (χ0v) is 19.3. The maximum absolute atomic E-state index is 12.9. The molecule has 0 saturated heterocycles. The van der Waals surface area contributed by atoms with E-state index in [0.29, 0.717) is 25.9 Å². The lowest BCUT2D eigenvalue weighted by atomic mass is 9.62. The van der Waals surface area contributed by atoms with E-state index in [0.717, 1.165) is 6.42 Å². The van der Waals surface area contributed by atoms with Crippen LogP contribution in [0.25, 0.3) is 0 Å². The second kappa shape index (κ2) is 8.82. The van der Waals surface area contributed by atoms with Crippen molar-refractivity contribution < 1.29 is 24.2 Å². The van der Waals surface area contributed by atoms with E-state index in [1.54, 1.807) is 0 Å². The van der Waals surface area contributed by atoms with Gasteiger partial charge in [-0.1, -0.05) is 34.6 Å². The molecule has 30 heavy (non-hydrogen) atoms. The van der Waals surface area contributed by atoms with E-state index >= 15 is 0 Å². The van der Waals surface area contributed by atoms with Gasteiger partial charge in [0.15, 0.2) is 17.2 Å². The van der Waals surface area contributed by atoms with E-state index in [1.807, 2.05) is 6.92 Å². The summed E-state index contributed by atoms with van der Waals surface area (Å²) in [5.74, 6) is -0.818. The summed E-state index contributed by atoms with van der Waals surface area (Å²) in [4.78, 5) is 29.7. The number of pyridine rings is 1. The van der Waals surface area contributed by atoms with Gasteiger partial charge in [0.05, 0.1) is 19.1 Å². The number of methoxy groups -OCH3 is 1. The molecule has 7 heteroatoms. The standard InChI is InChI=1S/C23H36N2O5/c1-21(2,3)9-11-30-20(28)23(6)13-15(12-22(4,5)14-23)25-19(27)17-18(26)16(29-7)8-10-24-17/h8,10,15,26H,9,11-14H2,1-7H3,(H,25,27). The van der Waals surface area contributed by atoms with E-state index in [9.17, 15) is 14.7 Å². The van der Waals surface area contributed by atoms with Crippen molar-refractivity contribution in [3.63, 3.8) is 0 Å². The molecule has 0 bridgehead atoms. The first-order valence-corrected chi connectivity index (χ1v) is 10.5. The average molecular weight is 421 g/mol. The summed E-state index contributed by atoms with van der Waals surface area (Å²) in [7, 11) is 1.41. The molecular formula is C23H36N2O5. The second-order valence-electron chi connectivity index (χ2n) is 10.6. The van der Waals surface area contributed by atoms with Gasteiger partial charge in [0.2, 0.25) is 0 Å². The molecule has 7 nitrogen and oxygen atoms in total. The number of hydrogen-bond donors (Lipinski definition) is 2. The van der Waals surface area contributed by atoms with E-state index in [2.05, 4.69) is 44.9 Å². The molecule has 1 amide bonds. The number of nitrogens with one attached hydrogen (secondary N) is 1. The fourth-order valence-electron chi connectivity index (χ4n) is 4.39. The average Bonchev–Trinajstić information content (AvgIpc) is 2.58. The molecule has 0 aromatic carbocycles. The third-order valence-corrected chi connectivity index (χ3v) is 5.60. The van der Waals surface area contributed by atoms with E-state index in [1.165, 1.54) is 19.4 Å². The van der Waals surface area contributed by atoms with Gasteiger partial charge in [-0.2, -0.15) is 0 Å². The highest BCUT2D eigenvalue weighted by Gasteiger charge is 2.47. The van der Waals surface area contributed by atoms with Crippen LogP contribution in [0.4, 0.5) is 0 Å².